The molecule has 0 spiro atoms. The Morgan fingerprint density at radius 3 is 2.59 bits per heavy atom. The molecule has 118 valence electrons. The Bertz CT molecular complexity index is 573. The zero-order valence-electron chi connectivity index (χ0n) is 13.6. The number of unbranched alkanes of at least 4 members (excludes halogenated alkanes) is 2. The molecular formula is C17H24N4O. The normalized spacial score (nSPS) is 11.5. The lowest BCUT2D eigenvalue weighted by Gasteiger charge is -2.12. The van der Waals surface area contributed by atoms with Crippen LogP contribution in [0.5, 0.6) is 5.75 Å². The summed E-state index contributed by atoms with van der Waals surface area (Å²) in [6, 6.07) is 8.03. The van der Waals surface area contributed by atoms with Crippen molar-refractivity contribution in [3.8, 4) is 5.75 Å². The van der Waals surface area contributed by atoms with Gasteiger partial charge >= 0.3 is 0 Å². The van der Waals surface area contributed by atoms with Gasteiger partial charge in [0.2, 0.25) is 0 Å². The first-order chi connectivity index (χ1) is 10.7. The molecule has 2 aromatic rings. The second-order valence-corrected chi connectivity index (χ2v) is 5.32. The molecule has 0 saturated heterocycles. The number of benzene rings is 1. The predicted octanol–water partition coefficient (Wildman–Crippen LogP) is 3.22. The molecule has 0 unspecified atom stereocenters. The van der Waals surface area contributed by atoms with Crippen LogP contribution in [0.3, 0.4) is 0 Å². The summed E-state index contributed by atoms with van der Waals surface area (Å²) in [7, 11) is 3.81. The largest absolute Gasteiger partial charge is 0.494 e. The first-order valence-electron chi connectivity index (χ1n) is 7.68. The van der Waals surface area contributed by atoms with Crippen molar-refractivity contribution in [2.24, 2.45) is 5.10 Å². The van der Waals surface area contributed by atoms with Crippen LogP contribution in [0, 0.1) is 0 Å². The molecule has 0 radical (unpaired) electrons. The van der Waals surface area contributed by atoms with E-state index in [1.807, 2.05) is 49.1 Å². The van der Waals surface area contributed by atoms with Gasteiger partial charge in [0.05, 0.1) is 6.61 Å². The lowest BCUT2D eigenvalue weighted by molar-refractivity contribution is 0.306. The Balaban J connectivity index is 2.10. The second kappa shape index (κ2) is 8.22. The summed E-state index contributed by atoms with van der Waals surface area (Å²) < 4.78 is 7.65. The van der Waals surface area contributed by atoms with Gasteiger partial charge in [0, 0.05) is 32.1 Å². The molecule has 5 heteroatoms. The van der Waals surface area contributed by atoms with Gasteiger partial charge in [0.1, 0.15) is 12.1 Å². The fraction of sp³-hybridized carbons (Fsp3) is 0.412. The Morgan fingerprint density at radius 1 is 1.23 bits per heavy atom. The van der Waals surface area contributed by atoms with Crippen molar-refractivity contribution in [1.82, 2.24) is 14.6 Å². The smallest absolute Gasteiger partial charge is 0.165 e. The molecule has 0 N–H and O–H groups in total. The van der Waals surface area contributed by atoms with E-state index in [4.69, 9.17) is 4.74 Å². The quantitative estimate of drug-likeness (QED) is 0.341. The number of aromatic nitrogens is 2. The van der Waals surface area contributed by atoms with Crippen molar-refractivity contribution in [2.45, 2.75) is 26.2 Å². The van der Waals surface area contributed by atoms with E-state index >= 15 is 0 Å². The van der Waals surface area contributed by atoms with Crippen LogP contribution in [0.1, 0.15) is 31.7 Å². The highest BCUT2D eigenvalue weighted by atomic mass is 16.5. The summed E-state index contributed by atoms with van der Waals surface area (Å²) in [6.07, 6.45) is 8.89. The van der Waals surface area contributed by atoms with Crippen molar-refractivity contribution >= 4 is 5.84 Å². The molecule has 0 aliphatic rings. The number of ether oxygens (including phenoxy) is 1. The minimum Gasteiger partial charge on any atom is -0.494 e. The highest BCUT2D eigenvalue weighted by molar-refractivity contribution is 6.00. The summed E-state index contributed by atoms with van der Waals surface area (Å²) in [6.45, 7) is 2.96. The van der Waals surface area contributed by atoms with Gasteiger partial charge in [-0.05, 0) is 30.7 Å². The number of imidazole rings is 1. The van der Waals surface area contributed by atoms with E-state index in [0.29, 0.717) is 0 Å². The first-order valence-corrected chi connectivity index (χ1v) is 7.68. The van der Waals surface area contributed by atoms with Crippen LogP contribution < -0.4 is 4.74 Å². The molecule has 2 rings (SSSR count). The minimum absolute atomic E-state index is 0.771. The standard InChI is InChI=1S/C17H24N4O/c1-4-5-6-13-22-16-9-7-15(8-10-16)17(19-20(2)3)21-12-11-18-14-21/h7-12,14H,4-6,13H2,1-3H3/b19-17-. The minimum atomic E-state index is 0.771. The molecule has 0 aliphatic carbocycles. The van der Waals surface area contributed by atoms with Crippen LogP contribution in [0.2, 0.25) is 0 Å². The van der Waals surface area contributed by atoms with Crippen LogP contribution >= 0.6 is 0 Å². The molecule has 0 saturated carbocycles. The maximum absolute atomic E-state index is 5.75. The summed E-state index contributed by atoms with van der Waals surface area (Å²) in [5, 5.41) is 6.32. The van der Waals surface area contributed by atoms with Gasteiger partial charge in [-0.15, -0.1) is 0 Å². The third-order valence-corrected chi connectivity index (χ3v) is 3.17. The molecule has 0 amide bonds. The van der Waals surface area contributed by atoms with E-state index in [-0.39, 0.29) is 0 Å². The van der Waals surface area contributed by atoms with Gasteiger partial charge in [-0.25, -0.2) is 4.98 Å². The zero-order chi connectivity index (χ0) is 15.8. The molecule has 1 aromatic heterocycles. The fourth-order valence-electron chi connectivity index (χ4n) is 2.07. The third-order valence-electron chi connectivity index (χ3n) is 3.17. The van der Waals surface area contributed by atoms with Crippen molar-refractivity contribution in [3.63, 3.8) is 0 Å². The second-order valence-electron chi connectivity index (χ2n) is 5.32. The molecule has 0 aliphatic heterocycles. The van der Waals surface area contributed by atoms with Gasteiger partial charge in [0.15, 0.2) is 5.84 Å². The van der Waals surface area contributed by atoms with E-state index in [1.54, 1.807) is 17.5 Å². The van der Waals surface area contributed by atoms with Gasteiger partial charge in [-0.2, -0.15) is 5.10 Å². The SMILES string of the molecule is CCCCCOc1ccc(/C(=N/N(C)C)n2ccnc2)cc1. The van der Waals surface area contributed by atoms with E-state index in [0.717, 1.165) is 30.2 Å². The Labute approximate surface area is 132 Å². The van der Waals surface area contributed by atoms with Gasteiger partial charge in [-0.3, -0.25) is 4.57 Å². The first kappa shape index (κ1) is 16.1. The summed E-state index contributed by atoms with van der Waals surface area (Å²) in [5.41, 5.74) is 1.02. The predicted molar refractivity (Wildman–Crippen MR) is 89.3 cm³/mol. The Morgan fingerprint density at radius 2 is 2.00 bits per heavy atom. The summed E-state index contributed by atoms with van der Waals surface area (Å²) in [4.78, 5) is 4.09. The zero-order valence-corrected chi connectivity index (χ0v) is 13.6. The molecule has 0 fully saturated rings. The number of hydrazone groups is 1. The van der Waals surface area contributed by atoms with E-state index in [1.165, 1.54) is 12.8 Å². The van der Waals surface area contributed by atoms with Crippen molar-refractivity contribution in [2.75, 3.05) is 20.7 Å². The molecule has 22 heavy (non-hydrogen) atoms. The highest BCUT2D eigenvalue weighted by Gasteiger charge is 2.07. The Hall–Kier alpha value is -2.30. The van der Waals surface area contributed by atoms with Crippen LogP contribution in [-0.4, -0.2) is 41.1 Å². The van der Waals surface area contributed by atoms with Gasteiger partial charge in [-0.1, -0.05) is 19.8 Å². The maximum Gasteiger partial charge on any atom is 0.165 e. The Kier molecular flexibility index (Phi) is 6.01. The average molecular weight is 300 g/mol. The summed E-state index contributed by atoms with van der Waals surface area (Å²) in [5.74, 6) is 1.73. The summed E-state index contributed by atoms with van der Waals surface area (Å²) >= 11 is 0. The van der Waals surface area contributed by atoms with E-state index in [2.05, 4.69) is 17.0 Å². The number of hydrogen-bond acceptors (Lipinski definition) is 4. The molecular weight excluding hydrogens is 276 g/mol. The van der Waals surface area contributed by atoms with Gasteiger partial charge in [0.25, 0.3) is 0 Å². The monoisotopic (exact) mass is 300 g/mol. The lowest BCUT2D eigenvalue weighted by Crippen LogP contribution is -2.17. The van der Waals surface area contributed by atoms with Crippen molar-refractivity contribution in [3.05, 3.63) is 48.5 Å². The molecule has 1 heterocycles. The van der Waals surface area contributed by atoms with Crippen LogP contribution in [-0.2, 0) is 0 Å². The van der Waals surface area contributed by atoms with Crippen LogP contribution in [0.15, 0.2) is 48.1 Å². The molecule has 0 atom stereocenters. The van der Waals surface area contributed by atoms with Crippen molar-refractivity contribution < 1.29 is 4.74 Å². The van der Waals surface area contributed by atoms with Crippen LogP contribution in [0.4, 0.5) is 0 Å². The third kappa shape index (κ3) is 4.62. The van der Waals surface area contributed by atoms with Crippen molar-refractivity contribution in [1.29, 1.82) is 0 Å². The molecule has 0 bridgehead atoms. The fourth-order valence-corrected chi connectivity index (χ4v) is 2.07. The molecule has 5 nitrogen and oxygen atoms in total. The van der Waals surface area contributed by atoms with E-state index < -0.39 is 0 Å². The lowest BCUT2D eigenvalue weighted by atomic mass is 10.2. The van der Waals surface area contributed by atoms with Crippen LogP contribution in [0.25, 0.3) is 0 Å². The maximum atomic E-state index is 5.75. The van der Waals surface area contributed by atoms with Gasteiger partial charge < -0.3 is 9.75 Å². The number of nitrogens with zero attached hydrogens (tertiary/aromatic N) is 4. The number of hydrogen-bond donors (Lipinski definition) is 0. The number of rotatable bonds is 7. The topological polar surface area (TPSA) is 42.6 Å². The highest BCUT2D eigenvalue weighted by Crippen LogP contribution is 2.14. The van der Waals surface area contributed by atoms with E-state index in [9.17, 15) is 0 Å². The molecule has 1 aromatic carbocycles. The average Bonchev–Trinajstić information content (AvgIpc) is 3.04.